The Morgan fingerprint density at radius 1 is 0.875 bits per heavy atom. The summed E-state index contributed by atoms with van der Waals surface area (Å²) in [4.78, 5) is 37.6. The highest BCUT2D eigenvalue weighted by molar-refractivity contribution is 7.85. The Morgan fingerprint density at radius 3 is 2.02 bits per heavy atom. The van der Waals surface area contributed by atoms with Gasteiger partial charge in [0, 0.05) is 28.9 Å². The Kier molecular flexibility index (Phi) is 11.5. The molecule has 7 N–H and O–H groups in total. The minimum Gasteiger partial charge on any atom is -0.478 e. The lowest BCUT2D eigenvalue weighted by atomic mass is 9.93. The number of hydrogen-bond acceptors (Lipinski definition) is 6. The minimum atomic E-state index is -3.67. The van der Waals surface area contributed by atoms with Gasteiger partial charge in [0.25, 0.3) is 21.9 Å². The number of rotatable bonds is 10. The number of nitrogen functional groups attached to an aromatic ring is 1. The molecule has 0 bridgehead atoms. The van der Waals surface area contributed by atoms with Crippen LogP contribution in [-0.4, -0.2) is 54.5 Å². The van der Waals surface area contributed by atoms with Gasteiger partial charge in [-0.25, -0.2) is 4.79 Å². The van der Waals surface area contributed by atoms with Crippen molar-refractivity contribution in [3.05, 3.63) is 89.0 Å². The molecule has 40 heavy (non-hydrogen) atoms. The number of benzene rings is 3. The fraction of sp³-hybridized carbons (Fsp3) is 0.214. The lowest BCUT2D eigenvalue weighted by Crippen LogP contribution is -2.24. The molecule has 0 saturated carbocycles. The van der Waals surface area contributed by atoms with Crippen LogP contribution in [0.15, 0.2) is 66.7 Å². The number of unbranched alkanes of at least 4 members (excludes halogenated alkanes) is 2. The number of carboxylic acids is 1. The van der Waals surface area contributed by atoms with Crippen molar-refractivity contribution in [1.29, 1.82) is 5.41 Å². The zero-order valence-corrected chi connectivity index (χ0v) is 22.9. The second kappa shape index (κ2) is 14.6. The van der Waals surface area contributed by atoms with Crippen molar-refractivity contribution in [3.63, 3.8) is 0 Å². The van der Waals surface area contributed by atoms with E-state index in [2.05, 4.69) is 17.6 Å². The summed E-state index contributed by atoms with van der Waals surface area (Å²) in [6.07, 6.45) is 3.60. The predicted molar refractivity (Wildman–Crippen MR) is 154 cm³/mol. The molecule has 0 aromatic heterocycles. The summed E-state index contributed by atoms with van der Waals surface area (Å²) < 4.78 is 25.9. The van der Waals surface area contributed by atoms with Gasteiger partial charge in [-0.15, -0.1) is 0 Å². The van der Waals surface area contributed by atoms with Gasteiger partial charge in [0.15, 0.2) is 0 Å². The molecule has 0 spiro atoms. The molecule has 0 unspecified atom stereocenters. The van der Waals surface area contributed by atoms with Crippen molar-refractivity contribution in [3.8, 4) is 11.1 Å². The first-order chi connectivity index (χ1) is 18.8. The number of amidine groups is 1. The molecule has 0 aliphatic carbocycles. The molecule has 0 aliphatic heterocycles. The lowest BCUT2D eigenvalue weighted by molar-refractivity contribution is 0.0697. The third-order valence-corrected chi connectivity index (χ3v) is 5.49. The summed E-state index contributed by atoms with van der Waals surface area (Å²) in [6, 6.07) is 17.6. The van der Waals surface area contributed by atoms with Crippen molar-refractivity contribution in [2.24, 2.45) is 5.73 Å². The van der Waals surface area contributed by atoms with Gasteiger partial charge in [0.2, 0.25) is 0 Å². The average molecular weight is 569 g/mol. The number of aromatic carboxylic acids is 1. The van der Waals surface area contributed by atoms with E-state index in [-0.39, 0.29) is 28.4 Å². The molecule has 3 rings (SSSR count). The van der Waals surface area contributed by atoms with Crippen LogP contribution < -0.4 is 16.4 Å². The number of nitrogens with one attached hydrogen (secondary N) is 3. The maximum atomic E-state index is 13.1. The summed E-state index contributed by atoms with van der Waals surface area (Å²) in [7, 11) is -3.67. The highest BCUT2D eigenvalue weighted by atomic mass is 32.2. The van der Waals surface area contributed by atoms with Gasteiger partial charge >= 0.3 is 5.97 Å². The molecule has 3 aromatic carbocycles. The van der Waals surface area contributed by atoms with Crippen molar-refractivity contribution < 1.29 is 32.5 Å². The van der Waals surface area contributed by atoms with E-state index < -0.39 is 22.0 Å². The third-order valence-electron chi connectivity index (χ3n) is 5.49. The number of nitrogens with two attached hydrogens (primary N) is 1. The Morgan fingerprint density at radius 2 is 1.45 bits per heavy atom. The Balaban J connectivity index is 0.00000103. The van der Waals surface area contributed by atoms with Gasteiger partial charge in [-0.1, -0.05) is 44.0 Å². The monoisotopic (exact) mass is 568 g/mol. The normalized spacial score (nSPS) is 10.6. The number of carboxylic acid groups (broad SMARTS) is 1. The lowest BCUT2D eigenvalue weighted by Gasteiger charge is -2.14. The third kappa shape index (κ3) is 9.97. The first-order valence-electron chi connectivity index (χ1n) is 12.2. The number of carbonyl (C=O) groups is 3. The second-order valence-electron chi connectivity index (χ2n) is 8.75. The molecule has 0 fully saturated rings. The van der Waals surface area contributed by atoms with Crippen LogP contribution in [0.3, 0.4) is 0 Å². The van der Waals surface area contributed by atoms with Crippen molar-refractivity contribution in [2.45, 2.75) is 26.2 Å². The van der Waals surface area contributed by atoms with E-state index in [0.29, 0.717) is 35.2 Å². The van der Waals surface area contributed by atoms with Gasteiger partial charge in [-0.05, 0) is 60.0 Å². The molecular weight excluding hydrogens is 536 g/mol. The van der Waals surface area contributed by atoms with Crippen LogP contribution in [0.4, 0.5) is 5.69 Å². The molecular formula is C28H32N4O7S. The number of carbonyl (C=O) groups excluding carboxylic acids is 2. The smallest absolute Gasteiger partial charge is 0.336 e. The molecule has 2 amide bonds. The summed E-state index contributed by atoms with van der Waals surface area (Å²) >= 11 is 0. The largest absolute Gasteiger partial charge is 0.478 e. The van der Waals surface area contributed by atoms with Crippen molar-refractivity contribution in [2.75, 3.05) is 18.1 Å². The van der Waals surface area contributed by atoms with E-state index >= 15 is 0 Å². The van der Waals surface area contributed by atoms with Crippen LogP contribution in [0.5, 0.6) is 0 Å². The zero-order chi connectivity index (χ0) is 29.9. The zero-order valence-electron chi connectivity index (χ0n) is 22.1. The van der Waals surface area contributed by atoms with Gasteiger partial charge in [-0.2, -0.15) is 8.42 Å². The summed E-state index contributed by atoms with van der Waals surface area (Å²) in [5.74, 6) is -2.04. The van der Waals surface area contributed by atoms with Crippen molar-refractivity contribution in [1.82, 2.24) is 5.32 Å². The fourth-order valence-corrected chi connectivity index (χ4v) is 3.62. The Labute approximate surface area is 232 Å². The number of anilines is 1. The molecule has 12 heteroatoms. The SMILES string of the molecule is CCCCCNC(=O)c1ccc(-c2ccccc2C(=O)Nc2ccc(C(=N)N)cc2)c(C(=O)O)c1.CS(=O)(=O)O. The van der Waals surface area contributed by atoms with E-state index in [1.807, 2.05) is 0 Å². The molecule has 0 radical (unpaired) electrons. The van der Waals surface area contributed by atoms with E-state index in [0.717, 1.165) is 19.3 Å². The van der Waals surface area contributed by atoms with Crippen LogP contribution in [0, 0.1) is 5.41 Å². The maximum Gasteiger partial charge on any atom is 0.336 e. The van der Waals surface area contributed by atoms with E-state index in [1.165, 1.54) is 6.07 Å². The topological polar surface area (TPSA) is 200 Å². The second-order valence-corrected chi connectivity index (χ2v) is 10.2. The van der Waals surface area contributed by atoms with Gasteiger partial charge in [0.1, 0.15) is 5.84 Å². The van der Waals surface area contributed by atoms with E-state index in [1.54, 1.807) is 60.7 Å². The van der Waals surface area contributed by atoms with Crippen molar-refractivity contribution >= 4 is 39.4 Å². The van der Waals surface area contributed by atoms with Gasteiger partial charge in [0.05, 0.1) is 11.8 Å². The fourth-order valence-electron chi connectivity index (χ4n) is 3.62. The average Bonchev–Trinajstić information content (AvgIpc) is 2.90. The highest BCUT2D eigenvalue weighted by Gasteiger charge is 2.20. The van der Waals surface area contributed by atoms with Gasteiger partial charge in [-0.3, -0.25) is 19.6 Å². The molecule has 0 saturated heterocycles. The maximum absolute atomic E-state index is 13.1. The quantitative estimate of drug-likeness (QED) is 0.0911. The van der Waals surface area contributed by atoms with Crippen LogP contribution in [0.25, 0.3) is 11.1 Å². The standard InChI is InChI=1S/C27H28N4O4.CH4O3S/c1-2-3-6-15-30-25(32)18-11-14-21(23(16-18)27(34)35)20-7-4-5-8-22(20)26(33)31-19-12-9-17(10-13-19)24(28)29;1-5(2,3)4/h4-5,7-14,16H,2-3,6,15H2,1H3,(H3,28,29)(H,30,32)(H,31,33)(H,34,35);1H3,(H,2,3,4). The van der Waals surface area contributed by atoms with Gasteiger partial charge < -0.3 is 21.5 Å². The Hall–Kier alpha value is -4.55. The molecule has 3 aromatic rings. The summed E-state index contributed by atoms with van der Waals surface area (Å²) in [6.45, 7) is 2.59. The van der Waals surface area contributed by atoms with Crippen LogP contribution in [-0.2, 0) is 10.1 Å². The summed E-state index contributed by atoms with van der Waals surface area (Å²) in [5, 5.41) is 22.9. The first-order valence-corrected chi connectivity index (χ1v) is 14.1. The molecule has 0 heterocycles. The van der Waals surface area contributed by atoms with E-state index in [9.17, 15) is 27.9 Å². The van der Waals surface area contributed by atoms with E-state index in [4.69, 9.17) is 15.7 Å². The summed E-state index contributed by atoms with van der Waals surface area (Å²) in [5.41, 5.74) is 7.71. The predicted octanol–water partition coefficient (Wildman–Crippen LogP) is 4.01. The number of amides is 2. The molecule has 212 valence electrons. The number of hydrogen-bond donors (Lipinski definition) is 6. The minimum absolute atomic E-state index is 0.0720. The highest BCUT2D eigenvalue weighted by Crippen LogP contribution is 2.29. The molecule has 11 nitrogen and oxygen atoms in total. The Bertz CT molecular complexity index is 1480. The first kappa shape index (κ1) is 31.7. The van der Waals surface area contributed by atoms with Crippen LogP contribution >= 0.6 is 0 Å². The van der Waals surface area contributed by atoms with Crippen LogP contribution in [0.2, 0.25) is 0 Å². The van der Waals surface area contributed by atoms with Crippen LogP contribution in [0.1, 0.15) is 62.8 Å². The molecule has 0 aliphatic rings. The molecule has 0 atom stereocenters.